The standard InChI is InChI=1S/C25H34N6O4S/c1-17(16-35-2)28-25-27-15-23-21(14-22(31(23)29-25)18-3-5-20(32)6-4-18)19-7-8-26-24(13-19)30-9-11-36(33,34)12-10-30/h7-8,13-15,17-18,20,32H,3-6,9-12,16H2,1-2H3,(H,28,29)/t17-,18-,20-/m0/s1. The Balaban J connectivity index is 1.52. The van der Waals surface area contributed by atoms with Crippen LogP contribution >= 0.6 is 0 Å². The number of pyridine rings is 1. The average Bonchev–Trinajstić information content (AvgIpc) is 3.23. The molecule has 36 heavy (non-hydrogen) atoms. The molecule has 0 spiro atoms. The summed E-state index contributed by atoms with van der Waals surface area (Å²) in [6, 6.07) is 6.25. The summed E-state index contributed by atoms with van der Waals surface area (Å²) in [7, 11) is -1.30. The molecule has 5 rings (SSSR count). The van der Waals surface area contributed by atoms with Gasteiger partial charge in [0, 0.05) is 49.6 Å². The Kier molecular flexibility index (Phi) is 7.14. The lowest BCUT2D eigenvalue weighted by atomic mass is 9.85. The van der Waals surface area contributed by atoms with E-state index in [0.29, 0.717) is 31.6 Å². The second-order valence-corrected chi connectivity index (χ2v) is 12.2. The van der Waals surface area contributed by atoms with E-state index < -0.39 is 9.84 Å². The van der Waals surface area contributed by atoms with Crippen molar-refractivity contribution in [3.63, 3.8) is 0 Å². The molecule has 2 N–H and O–H groups in total. The summed E-state index contributed by atoms with van der Waals surface area (Å²) in [4.78, 5) is 11.1. The molecule has 0 aromatic carbocycles. The van der Waals surface area contributed by atoms with E-state index in [1.807, 2.05) is 34.7 Å². The zero-order valence-electron chi connectivity index (χ0n) is 20.8. The molecular formula is C25H34N6O4S. The van der Waals surface area contributed by atoms with Crippen molar-refractivity contribution < 1.29 is 18.3 Å². The van der Waals surface area contributed by atoms with Crippen molar-refractivity contribution >= 4 is 27.1 Å². The smallest absolute Gasteiger partial charge is 0.241 e. The van der Waals surface area contributed by atoms with Crippen LogP contribution < -0.4 is 10.2 Å². The van der Waals surface area contributed by atoms with Gasteiger partial charge in [0.05, 0.1) is 35.9 Å². The van der Waals surface area contributed by atoms with Gasteiger partial charge < -0.3 is 20.1 Å². The first kappa shape index (κ1) is 24.9. The van der Waals surface area contributed by atoms with Gasteiger partial charge in [-0.2, -0.15) is 0 Å². The van der Waals surface area contributed by atoms with E-state index in [1.54, 1.807) is 13.3 Å². The number of fused-ring (bicyclic) bond motifs is 1. The number of hydrogen-bond donors (Lipinski definition) is 2. The van der Waals surface area contributed by atoms with Crippen molar-refractivity contribution in [3.05, 3.63) is 36.3 Å². The maximum atomic E-state index is 11.9. The number of sulfone groups is 1. The topological polar surface area (TPSA) is 122 Å². The molecule has 2 aliphatic rings. The largest absolute Gasteiger partial charge is 0.393 e. The molecule has 0 radical (unpaired) electrons. The Labute approximate surface area is 211 Å². The van der Waals surface area contributed by atoms with Gasteiger partial charge in [0.2, 0.25) is 5.95 Å². The van der Waals surface area contributed by atoms with E-state index >= 15 is 0 Å². The first-order valence-corrected chi connectivity index (χ1v) is 14.4. The van der Waals surface area contributed by atoms with Crippen LogP contribution in [0.15, 0.2) is 30.6 Å². The molecule has 0 amide bonds. The lowest BCUT2D eigenvalue weighted by Gasteiger charge is -2.27. The summed E-state index contributed by atoms with van der Waals surface area (Å²) in [5.41, 5.74) is 4.02. The fourth-order valence-electron chi connectivity index (χ4n) is 5.19. The van der Waals surface area contributed by atoms with Crippen molar-refractivity contribution in [2.24, 2.45) is 0 Å². The van der Waals surface area contributed by atoms with Gasteiger partial charge in [0.15, 0.2) is 9.84 Å². The third-order valence-corrected chi connectivity index (χ3v) is 8.79. The van der Waals surface area contributed by atoms with Gasteiger partial charge in [-0.15, -0.1) is 5.10 Å². The lowest BCUT2D eigenvalue weighted by molar-refractivity contribution is 0.121. The molecule has 194 valence electrons. The lowest BCUT2D eigenvalue weighted by Crippen LogP contribution is -2.40. The Morgan fingerprint density at radius 1 is 1.17 bits per heavy atom. The fourth-order valence-corrected chi connectivity index (χ4v) is 6.39. The SMILES string of the molecule is COC[C@H](C)Nc1ncc2c(-c3ccnc(N4CCS(=O)(=O)CC4)c3)cc([C@H]3CC[C@H](O)CC3)n2n1. The number of rotatable bonds is 7. The van der Waals surface area contributed by atoms with E-state index in [2.05, 4.69) is 21.4 Å². The van der Waals surface area contributed by atoms with E-state index in [-0.39, 0.29) is 23.7 Å². The van der Waals surface area contributed by atoms with Crippen molar-refractivity contribution in [1.29, 1.82) is 0 Å². The van der Waals surface area contributed by atoms with E-state index in [9.17, 15) is 13.5 Å². The number of aromatic nitrogens is 4. The van der Waals surface area contributed by atoms with E-state index in [1.165, 1.54) is 0 Å². The quantitative estimate of drug-likeness (QED) is 0.490. The highest BCUT2D eigenvalue weighted by molar-refractivity contribution is 7.91. The Bertz CT molecular complexity index is 1310. The first-order valence-electron chi connectivity index (χ1n) is 12.6. The zero-order valence-corrected chi connectivity index (χ0v) is 21.6. The molecule has 0 unspecified atom stereocenters. The summed E-state index contributed by atoms with van der Waals surface area (Å²) in [5.74, 6) is 1.91. The number of hydrogen-bond acceptors (Lipinski definition) is 9. The van der Waals surface area contributed by atoms with Gasteiger partial charge in [-0.3, -0.25) is 0 Å². The second kappa shape index (κ2) is 10.3. The van der Waals surface area contributed by atoms with E-state index in [4.69, 9.17) is 9.84 Å². The van der Waals surface area contributed by atoms with Gasteiger partial charge in [0.1, 0.15) is 5.82 Å². The van der Waals surface area contributed by atoms with Gasteiger partial charge in [-0.25, -0.2) is 22.9 Å². The molecule has 11 heteroatoms. The minimum Gasteiger partial charge on any atom is -0.393 e. The number of aliphatic hydroxyl groups is 1. The monoisotopic (exact) mass is 514 g/mol. The molecule has 0 bridgehead atoms. The second-order valence-electron chi connectivity index (χ2n) is 9.91. The normalized spacial score (nSPS) is 23.0. The Hall–Kier alpha value is -2.76. The number of nitrogens with one attached hydrogen (secondary N) is 1. The highest BCUT2D eigenvalue weighted by Crippen LogP contribution is 2.38. The summed E-state index contributed by atoms with van der Waals surface area (Å²) in [6.45, 7) is 3.46. The molecule has 3 aromatic heterocycles. The average molecular weight is 515 g/mol. The number of ether oxygens (including phenoxy) is 1. The Morgan fingerprint density at radius 2 is 1.92 bits per heavy atom. The minimum absolute atomic E-state index is 0.0619. The molecular weight excluding hydrogens is 480 g/mol. The molecule has 4 heterocycles. The van der Waals surface area contributed by atoms with Gasteiger partial charge >= 0.3 is 0 Å². The molecule has 3 aromatic rings. The van der Waals surface area contributed by atoms with Crippen LogP contribution in [0, 0.1) is 0 Å². The maximum absolute atomic E-state index is 11.9. The first-order chi connectivity index (χ1) is 17.3. The van der Waals surface area contributed by atoms with Crippen molar-refractivity contribution in [2.75, 3.05) is 48.5 Å². The molecule has 10 nitrogen and oxygen atoms in total. The fraction of sp³-hybridized carbons (Fsp3) is 0.560. The molecule has 2 fully saturated rings. The van der Waals surface area contributed by atoms with Crippen LogP contribution in [0.1, 0.15) is 44.2 Å². The van der Waals surface area contributed by atoms with Crippen LogP contribution in [-0.4, -0.2) is 83.6 Å². The summed E-state index contributed by atoms with van der Waals surface area (Å²) >= 11 is 0. The molecule has 1 aliphatic carbocycles. The molecule has 1 saturated carbocycles. The third-order valence-electron chi connectivity index (χ3n) is 7.18. The highest BCUT2D eigenvalue weighted by atomic mass is 32.2. The van der Waals surface area contributed by atoms with Gasteiger partial charge in [-0.05, 0) is 56.4 Å². The number of nitrogens with zero attached hydrogens (tertiary/aromatic N) is 5. The number of anilines is 2. The van der Waals surface area contributed by atoms with Crippen LogP contribution in [0.4, 0.5) is 11.8 Å². The molecule has 1 saturated heterocycles. The zero-order chi connectivity index (χ0) is 25.3. The molecule has 1 aliphatic heterocycles. The van der Waals surface area contributed by atoms with Crippen molar-refractivity contribution in [1.82, 2.24) is 19.6 Å². The van der Waals surface area contributed by atoms with Crippen LogP contribution in [0.3, 0.4) is 0 Å². The summed E-state index contributed by atoms with van der Waals surface area (Å²) in [6.07, 6.45) is 6.77. The minimum atomic E-state index is -2.97. The summed E-state index contributed by atoms with van der Waals surface area (Å²) in [5, 5.41) is 18.2. The predicted octanol–water partition coefficient (Wildman–Crippen LogP) is 2.49. The molecule has 1 atom stereocenters. The highest BCUT2D eigenvalue weighted by Gasteiger charge is 2.27. The van der Waals surface area contributed by atoms with Crippen LogP contribution in [-0.2, 0) is 14.6 Å². The van der Waals surface area contributed by atoms with Crippen molar-refractivity contribution in [2.45, 2.75) is 50.7 Å². The third kappa shape index (κ3) is 5.33. The Morgan fingerprint density at radius 3 is 2.64 bits per heavy atom. The van der Waals surface area contributed by atoms with Crippen LogP contribution in [0.25, 0.3) is 16.6 Å². The van der Waals surface area contributed by atoms with E-state index in [0.717, 1.165) is 53.8 Å². The van der Waals surface area contributed by atoms with Crippen LogP contribution in [0.2, 0.25) is 0 Å². The van der Waals surface area contributed by atoms with Crippen LogP contribution in [0.5, 0.6) is 0 Å². The summed E-state index contributed by atoms with van der Waals surface area (Å²) < 4.78 is 31.0. The maximum Gasteiger partial charge on any atom is 0.241 e. The number of aliphatic hydroxyl groups excluding tert-OH is 1. The number of methoxy groups -OCH3 is 1. The predicted molar refractivity (Wildman–Crippen MR) is 139 cm³/mol. The van der Waals surface area contributed by atoms with Gasteiger partial charge in [-0.1, -0.05) is 0 Å². The van der Waals surface area contributed by atoms with Gasteiger partial charge in [0.25, 0.3) is 0 Å². The van der Waals surface area contributed by atoms with Crippen molar-refractivity contribution in [3.8, 4) is 11.1 Å².